The van der Waals surface area contributed by atoms with E-state index in [2.05, 4.69) is 4.98 Å². The Kier molecular flexibility index (Phi) is 5.32. The molecule has 2 N–H and O–H groups in total. The third-order valence-electron chi connectivity index (χ3n) is 2.19. The molecule has 1 aromatic heterocycles. The molecule has 1 aromatic carbocycles. The van der Waals surface area contributed by atoms with Crippen molar-refractivity contribution in [3.63, 3.8) is 0 Å². The van der Waals surface area contributed by atoms with Crippen LogP contribution in [0.5, 0.6) is 5.88 Å². The lowest BCUT2D eigenvalue weighted by molar-refractivity contribution is 0.286. The molecule has 3 nitrogen and oxygen atoms in total. The third-order valence-corrected chi connectivity index (χ3v) is 2.41. The summed E-state index contributed by atoms with van der Waals surface area (Å²) in [7, 11) is 0. The third kappa shape index (κ3) is 3.94. The fraction of sp³-hybridized carbons (Fsp3) is 0.0833. The first-order valence-electron chi connectivity index (χ1n) is 5.05. The normalized spacial score (nSPS) is 9.84. The highest BCUT2D eigenvalue weighted by Crippen LogP contribution is 2.20. The second-order valence-corrected chi connectivity index (χ2v) is 3.99. The molecule has 0 radical (unpaired) electrons. The molecule has 0 aliphatic heterocycles. The number of ether oxygens (including phenoxy) is 1. The lowest BCUT2D eigenvalue weighted by atomic mass is 10.2. The van der Waals surface area contributed by atoms with Crippen molar-refractivity contribution in [2.45, 2.75) is 6.61 Å². The Morgan fingerprint density at radius 2 is 2.00 bits per heavy atom. The van der Waals surface area contributed by atoms with Crippen LogP contribution in [-0.4, -0.2) is 4.98 Å². The van der Waals surface area contributed by atoms with Gasteiger partial charge in [-0.05, 0) is 12.1 Å². The van der Waals surface area contributed by atoms with Gasteiger partial charge in [0.2, 0.25) is 5.88 Å². The summed E-state index contributed by atoms with van der Waals surface area (Å²) in [5.74, 6) is -1.51. The smallest absolute Gasteiger partial charge is 0.217 e. The first kappa shape index (κ1) is 15.5. The Morgan fingerprint density at radius 3 is 2.68 bits per heavy atom. The van der Waals surface area contributed by atoms with Gasteiger partial charge in [-0.15, -0.1) is 12.4 Å². The molecule has 0 fully saturated rings. The van der Waals surface area contributed by atoms with E-state index in [1.807, 2.05) is 0 Å². The van der Waals surface area contributed by atoms with Crippen molar-refractivity contribution in [3.8, 4) is 5.88 Å². The largest absolute Gasteiger partial charge is 0.473 e. The second kappa shape index (κ2) is 6.54. The van der Waals surface area contributed by atoms with Gasteiger partial charge in [0.15, 0.2) is 11.6 Å². The van der Waals surface area contributed by atoms with Gasteiger partial charge in [-0.1, -0.05) is 23.7 Å². The molecular weight excluding hydrogens is 297 g/mol. The second-order valence-electron chi connectivity index (χ2n) is 3.55. The van der Waals surface area contributed by atoms with Crippen molar-refractivity contribution < 1.29 is 13.5 Å². The molecule has 0 amide bonds. The van der Waals surface area contributed by atoms with Gasteiger partial charge < -0.3 is 10.5 Å². The van der Waals surface area contributed by atoms with Gasteiger partial charge in [-0.3, -0.25) is 0 Å². The molecule has 0 aliphatic carbocycles. The van der Waals surface area contributed by atoms with Crippen LogP contribution >= 0.6 is 24.0 Å². The summed E-state index contributed by atoms with van der Waals surface area (Å²) in [6.45, 7) is -0.156. The zero-order valence-corrected chi connectivity index (χ0v) is 11.1. The molecule has 2 aromatic rings. The zero-order chi connectivity index (χ0) is 13.1. The van der Waals surface area contributed by atoms with E-state index in [1.165, 1.54) is 24.3 Å². The number of nitrogens with zero attached hydrogens (tertiary/aromatic N) is 1. The Bertz CT molecular complexity index is 561. The number of hydrogen-bond donors (Lipinski definition) is 1. The minimum atomic E-state index is -0.938. The SMILES string of the molecule is Cl.Nc1cc(Cl)cc(OCc2cccc(F)c2F)n1. The van der Waals surface area contributed by atoms with E-state index in [0.717, 1.165) is 6.07 Å². The fourth-order valence-corrected chi connectivity index (χ4v) is 1.58. The van der Waals surface area contributed by atoms with E-state index in [0.29, 0.717) is 5.02 Å². The predicted octanol–water partition coefficient (Wildman–Crippen LogP) is 3.60. The summed E-state index contributed by atoms with van der Waals surface area (Å²) in [5, 5.41) is 0.359. The van der Waals surface area contributed by atoms with Crippen molar-refractivity contribution in [2.75, 3.05) is 5.73 Å². The highest BCUT2D eigenvalue weighted by Gasteiger charge is 2.08. The van der Waals surface area contributed by atoms with Gasteiger partial charge in [0.1, 0.15) is 12.4 Å². The summed E-state index contributed by atoms with van der Waals surface area (Å²) in [5.41, 5.74) is 5.57. The van der Waals surface area contributed by atoms with Gasteiger partial charge in [0.05, 0.1) is 0 Å². The standard InChI is InChI=1S/C12H9ClF2N2O.ClH/c13-8-4-10(16)17-11(5-8)18-6-7-2-1-3-9(14)12(7)15;/h1-5H,6H2,(H2,16,17);1H. The Morgan fingerprint density at radius 1 is 1.26 bits per heavy atom. The predicted molar refractivity (Wildman–Crippen MR) is 71.6 cm³/mol. The maximum Gasteiger partial charge on any atom is 0.217 e. The van der Waals surface area contributed by atoms with Crippen molar-refractivity contribution >= 4 is 29.8 Å². The van der Waals surface area contributed by atoms with Crippen LogP contribution in [0.2, 0.25) is 5.02 Å². The highest BCUT2D eigenvalue weighted by atomic mass is 35.5. The van der Waals surface area contributed by atoms with E-state index in [4.69, 9.17) is 22.1 Å². The quantitative estimate of drug-likeness (QED) is 0.942. The van der Waals surface area contributed by atoms with Crippen LogP contribution in [0.15, 0.2) is 30.3 Å². The molecule has 0 bridgehead atoms. The van der Waals surface area contributed by atoms with Gasteiger partial charge in [0.25, 0.3) is 0 Å². The van der Waals surface area contributed by atoms with E-state index < -0.39 is 11.6 Å². The minimum Gasteiger partial charge on any atom is -0.473 e. The van der Waals surface area contributed by atoms with Crippen molar-refractivity contribution in [1.29, 1.82) is 0 Å². The molecule has 7 heteroatoms. The van der Waals surface area contributed by atoms with Crippen molar-refractivity contribution in [3.05, 3.63) is 52.6 Å². The zero-order valence-electron chi connectivity index (χ0n) is 9.57. The number of halogens is 4. The maximum atomic E-state index is 13.3. The lowest BCUT2D eigenvalue weighted by Gasteiger charge is -2.07. The van der Waals surface area contributed by atoms with E-state index in [1.54, 1.807) is 0 Å². The molecule has 102 valence electrons. The van der Waals surface area contributed by atoms with E-state index in [-0.39, 0.29) is 36.3 Å². The first-order valence-corrected chi connectivity index (χ1v) is 5.43. The average Bonchev–Trinajstić information content (AvgIpc) is 2.30. The molecule has 0 atom stereocenters. The Hall–Kier alpha value is -1.59. The van der Waals surface area contributed by atoms with Crippen molar-refractivity contribution in [1.82, 2.24) is 4.98 Å². The molecule has 0 saturated heterocycles. The van der Waals surface area contributed by atoms with Crippen LogP contribution in [0.3, 0.4) is 0 Å². The van der Waals surface area contributed by atoms with Crippen molar-refractivity contribution in [2.24, 2.45) is 0 Å². The molecule has 2 rings (SSSR count). The highest BCUT2D eigenvalue weighted by molar-refractivity contribution is 6.30. The van der Waals surface area contributed by atoms with E-state index in [9.17, 15) is 8.78 Å². The number of benzene rings is 1. The summed E-state index contributed by atoms with van der Waals surface area (Å²) >= 11 is 5.75. The van der Waals surface area contributed by atoms with Crippen LogP contribution in [0, 0.1) is 11.6 Å². The molecule has 19 heavy (non-hydrogen) atoms. The fourth-order valence-electron chi connectivity index (χ4n) is 1.38. The number of nitrogen functional groups attached to an aromatic ring is 1. The molecule has 0 aliphatic rings. The lowest BCUT2D eigenvalue weighted by Crippen LogP contribution is -2.02. The molecule has 0 spiro atoms. The van der Waals surface area contributed by atoms with Gasteiger partial charge in [0, 0.05) is 16.7 Å². The van der Waals surface area contributed by atoms with Gasteiger partial charge >= 0.3 is 0 Å². The summed E-state index contributed by atoms with van der Waals surface area (Å²) in [4.78, 5) is 3.86. The summed E-state index contributed by atoms with van der Waals surface area (Å²) in [6.07, 6.45) is 0. The maximum absolute atomic E-state index is 13.3. The number of anilines is 1. The van der Waals surface area contributed by atoms with Crippen LogP contribution < -0.4 is 10.5 Å². The van der Waals surface area contributed by atoms with Gasteiger partial charge in [-0.25, -0.2) is 8.78 Å². The molecule has 1 heterocycles. The summed E-state index contributed by atoms with van der Waals surface area (Å²) < 4.78 is 31.5. The number of aromatic nitrogens is 1. The number of rotatable bonds is 3. The minimum absolute atomic E-state index is 0. The average molecular weight is 307 g/mol. The summed E-state index contributed by atoms with van der Waals surface area (Å²) in [6, 6.07) is 6.75. The Labute approximate surface area is 119 Å². The monoisotopic (exact) mass is 306 g/mol. The molecule has 0 saturated carbocycles. The molecular formula is C12H10Cl2F2N2O. The van der Waals surface area contributed by atoms with Crippen LogP contribution in [-0.2, 0) is 6.61 Å². The van der Waals surface area contributed by atoms with Crippen LogP contribution in [0.1, 0.15) is 5.56 Å². The number of hydrogen-bond acceptors (Lipinski definition) is 3. The Balaban J connectivity index is 0.00000180. The molecule has 0 unspecified atom stereocenters. The topological polar surface area (TPSA) is 48.1 Å². The van der Waals surface area contributed by atoms with Gasteiger partial charge in [-0.2, -0.15) is 4.98 Å². The number of nitrogens with two attached hydrogens (primary N) is 1. The van der Waals surface area contributed by atoms with E-state index >= 15 is 0 Å². The first-order chi connectivity index (χ1) is 8.56. The van der Waals surface area contributed by atoms with Crippen LogP contribution in [0.4, 0.5) is 14.6 Å². The number of pyridine rings is 1. The van der Waals surface area contributed by atoms with Crippen LogP contribution in [0.25, 0.3) is 0 Å².